The van der Waals surface area contributed by atoms with Crippen molar-refractivity contribution < 1.29 is 4.58 Å². The Morgan fingerprint density at radius 1 is 0.926 bits per heavy atom. The molecule has 3 nitrogen and oxygen atoms in total. The topological polar surface area (TPSA) is 18.3 Å². The lowest BCUT2D eigenvalue weighted by molar-refractivity contribution is -0.423. The molecule has 0 radical (unpaired) electrons. The van der Waals surface area contributed by atoms with Gasteiger partial charge in [0, 0.05) is 54.8 Å². The summed E-state index contributed by atoms with van der Waals surface area (Å²) in [5, 5.41) is 3.49. The van der Waals surface area contributed by atoms with Gasteiger partial charge in [-0.2, -0.15) is 4.58 Å². The first-order valence-electron chi connectivity index (χ1n) is 9.99. The second-order valence-corrected chi connectivity index (χ2v) is 7.58. The predicted octanol–water partition coefficient (Wildman–Crippen LogP) is 4.17. The van der Waals surface area contributed by atoms with E-state index < -0.39 is 0 Å². The fourth-order valence-corrected chi connectivity index (χ4v) is 4.68. The van der Waals surface area contributed by atoms with E-state index in [-0.39, 0.29) is 0 Å². The number of benzene rings is 2. The van der Waals surface area contributed by atoms with Crippen molar-refractivity contribution in [3.05, 3.63) is 82.7 Å². The summed E-state index contributed by atoms with van der Waals surface area (Å²) in [6.45, 7) is 2.16. The van der Waals surface area contributed by atoms with Crippen LogP contribution in [-0.4, -0.2) is 30.9 Å². The number of anilines is 1. The van der Waals surface area contributed by atoms with Gasteiger partial charge in [0.05, 0.1) is 0 Å². The maximum Gasteiger partial charge on any atom is 0.208 e. The molecular weight excluding hydrogens is 330 g/mol. The Hall–Kier alpha value is -2.81. The Morgan fingerprint density at radius 2 is 1.74 bits per heavy atom. The highest BCUT2D eigenvalue weighted by Crippen LogP contribution is 2.34. The summed E-state index contributed by atoms with van der Waals surface area (Å²) in [7, 11) is 2.05. The summed E-state index contributed by atoms with van der Waals surface area (Å²) in [4.78, 5) is 2.43. The second-order valence-electron chi connectivity index (χ2n) is 7.58. The minimum atomic E-state index is 1.08. The lowest BCUT2D eigenvalue weighted by Gasteiger charge is -2.16. The van der Waals surface area contributed by atoms with Crippen LogP contribution in [0.4, 0.5) is 11.4 Å². The molecule has 3 aliphatic rings. The zero-order chi connectivity index (χ0) is 18.2. The Labute approximate surface area is 161 Å². The van der Waals surface area contributed by atoms with Gasteiger partial charge in [0.25, 0.3) is 0 Å². The summed E-state index contributed by atoms with van der Waals surface area (Å²) >= 11 is 0. The summed E-state index contributed by atoms with van der Waals surface area (Å²) < 4.78 is 2.43. The number of allylic oxidation sites excluding steroid dienone is 2. The molecule has 2 heterocycles. The predicted molar refractivity (Wildman–Crippen MR) is 112 cm³/mol. The van der Waals surface area contributed by atoms with E-state index in [4.69, 9.17) is 0 Å². The summed E-state index contributed by atoms with van der Waals surface area (Å²) in [5.74, 6) is 0. The van der Waals surface area contributed by atoms with Gasteiger partial charge in [-0.15, -0.1) is 0 Å². The number of likely N-dealkylation sites (N-methyl/N-ethyl adjacent to an activating group) is 1. The largest absolute Gasteiger partial charge is 0.387 e. The molecule has 3 heteroatoms. The normalized spacial score (nSPS) is 21.3. The highest BCUT2D eigenvalue weighted by atomic mass is 15.1. The number of nitrogens with zero attached hydrogens (tertiary/aromatic N) is 2. The number of fused-ring (bicyclic) bond motifs is 2. The van der Waals surface area contributed by atoms with Gasteiger partial charge in [0.1, 0.15) is 0 Å². The molecule has 5 rings (SSSR count). The molecule has 0 atom stereocenters. The van der Waals surface area contributed by atoms with Crippen molar-refractivity contribution in [2.24, 2.45) is 0 Å². The molecule has 27 heavy (non-hydrogen) atoms. The van der Waals surface area contributed by atoms with E-state index in [1.54, 1.807) is 0 Å². The third-order valence-electron chi connectivity index (χ3n) is 6.03. The van der Waals surface area contributed by atoms with Gasteiger partial charge in [-0.25, -0.2) is 0 Å². The molecule has 2 aromatic rings. The zero-order valence-corrected chi connectivity index (χ0v) is 15.9. The molecule has 0 fully saturated rings. The SMILES string of the molecule is CNC1=C(C=[N+]2CCc3ccccc32)CC/C1=C\N1CCc2ccccc21. The fraction of sp³-hybridized carbons (Fsp3) is 0.292. The average Bonchev–Trinajstić information content (AvgIpc) is 3.41. The van der Waals surface area contributed by atoms with Gasteiger partial charge in [0.15, 0.2) is 12.8 Å². The summed E-state index contributed by atoms with van der Waals surface area (Å²) in [6, 6.07) is 17.6. The van der Waals surface area contributed by atoms with Crippen LogP contribution in [-0.2, 0) is 12.8 Å². The minimum Gasteiger partial charge on any atom is -0.387 e. The number of rotatable bonds is 3. The van der Waals surface area contributed by atoms with Gasteiger partial charge < -0.3 is 10.2 Å². The van der Waals surface area contributed by atoms with E-state index in [1.165, 1.54) is 39.3 Å². The Kier molecular flexibility index (Phi) is 4.08. The van der Waals surface area contributed by atoms with E-state index in [0.717, 1.165) is 38.8 Å². The van der Waals surface area contributed by atoms with Gasteiger partial charge in [0.2, 0.25) is 5.69 Å². The number of para-hydroxylation sites is 2. The lowest BCUT2D eigenvalue weighted by Crippen LogP contribution is -2.16. The molecule has 0 amide bonds. The average molecular weight is 356 g/mol. The van der Waals surface area contributed by atoms with E-state index in [9.17, 15) is 0 Å². The molecule has 2 aliphatic heterocycles. The van der Waals surface area contributed by atoms with Crippen molar-refractivity contribution in [1.29, 1.82) is 0 Å². The smallest absolute Gasteiger partial charge is 0.208 e. The van der Waals surface area contributed by atoms with Crippen molar-refractivity contribution in [2.45, 2.75) is 25.7 Å². The highest BCUT2D eigenvalue weighted by molar-refractivity contribution is 5.80. The molecule has 0 aromatic heterocycles. The van der Waals surface area contributed by atoms with Gasteiger partial charge in [-0.3, -0.25) is 0 Å². The van der Waals surface area contributed by atoms with Crippen LogP contribution < -0.4 is 10.2 Å². The maximum absolute atomic E-state index is 3.49. The minimum absolute atomic E-state index is 1.08. The molecule has 0 spiro atoms. The van der Waals surface area contributed by atoms with Crippen molar-refractivity contribution in [3.63, 3.8) is 0 Å². The molecule has 1 aliphatic carbocycles. The lowest BCUT2D eigenvalue weighted by atomic mass is 10.2. The first-order chi connectivity index (χ1) is 13.3. The van der Waals surface area contributed by atoms with Crippen LogP contribution in [0.5, 0.6) is 0 Å². The van der Waals surface area contributed by atoms with Crippen LogP contribution in [0.3, 0.4) is 0 Å². The first kappa shape index (κ1) is 16.4. The third-order valence-corrected chi connectivity index (χ3v) is 6.03. The molecule has 136 valence electrons. The van der Waals surface area contributed by atoms with Crippen molar-refractivity contribution >= 4 is 17.6 Å². The number of nitrogens with one attached hydrogen (secondary N) is 1. The quantitative estimate of drug-likeness (QED) is 0.832. The Bertz CT molecular complexity index is 981. The molecule has 0 unspecified atom stereocenters. The van der Waals surface area contributed by atoms with E-state index in [1.807, 2.05) is 0 Å². The van der Waals surface area contributed by atoms with Crippen LogP contribution in [0.2, 0.25) is 0 Å². The highest BCUT2D eigenvalue weighted by Gasteiger charge is 2.27. The van der Waals surface area contributed by atoms with Crippen LogP contribution in [0.1, 0.15) is 24.0 Å². The molecule has 0 bridgehead atoms. The van der Waals surface area contributed by atoms with E-state index in [0.29, 0.717) is 0 Å². The van der Waals surface area contributed by atoms with Crippen LogP contribution in [0, 0.1) is 0 Å². The number of hydrogen-bond donors (Lipinski definition) is 1. The van der Waals surface area contributed by atoms with Crippen molar-refractivity contribution in [3.8, 4) is 0 Å². The van der Waals surface area contributed by atoms with E-state index in [2.05, 4.69) is 82.8 Å². The van der Waals surface area contributed by atoms with Crippen molar-refractivity contribution in [2.75, 3.05) is 25.0 Å². The Morgan fingerprint density at radius 3 is 2.63 bits per heavy atom. The molecular formula is C24H26N3+. The summed E-state index contributed by atoms with van der Waals surface area (Å²) in [5.41, 5.74) is 9.81. The van der Waals surface area contributed by atoms with Crippen LogP contribution >= 0.6 is 0 Å². The molecule has 0 saturated heterocycles. The van der Waals surface area contributed by atoms with Crippen LogP contribution in [0.25, 0.3) is 0 Å². The second kappa shape index (κ2) is 6.73. The van der Waals surface area contributed by atoms with Crippen molar-refractivity contribution in [1.82, 2.24) is 5.32 Å². The molecule has 1 N–H and O–H groups in total. The van der Waals surface area contributed by atoms with Gasteiger partial charge in [-0.1, -0.05) is 36.4 Å². The first-order valence-corrected chi connectivity index (χ1v) is 9.99. The van der Waals surface area contributed by atoms with Crippen LogP contribution in [0.15, 0.2) is 71.6 Å². The third kappa shape index (κ3) is 2.87. The van der Waals surface area contributed by atoms with Gasteiger partial charge >= 0.3 is 0 Å². The fourth-order valence-electron chi connectivity index (χ4n) is 4.68. The number of hydrogen-bond acceptors (Lipinski definition) is 2. The monoisotopic (exact) mass is 356 g/mol. The molecule has 2 aromatic carbocycles. The maximum atomic E-state index is 3.49. The zero-order valence-electron chi connectivity index (χ0n) is 15.9. The standard InChI is InChI=1S/C24H25N3/c1-25-24-20(16-26-14-12-18-6-2-4-8-22(18)26)10-11-21(24)17-27-15-13-19-7-3-5-9-23(19)27/h2-9,16-17H,10-15H2,1H3/p+1/b20-16+. The molecule has 0 saturated carbocycles. The van der Waals surface area contributed by atoms with Gasteiger partial charge in [-0.05, 0) is 36.5 Å². The Balaban J connectivity index is 1.47. The summed E-state index contributed by atoms with van der Waals surface area (Å²) in [6.07, 6.45) is 9.24. The van der Waals surface area contributed by atoms with E-state index >= 15 is 0 Å².